The molecule has 8 heteroatoms. The van der Waals surface area contributed by atoms with E-state index in [-0.39, 0.29) is 23.7 Å². The number of pyridine rings is 1. The second-order valence-electron chi connectivity index (χ2n) is 9.25. The molecule has 0 atom stereocenters. The summed E-state index contributed by atoms with van der Waals surface area (Å²) in [5.74, 6) is 1.37. The van der Waals surface area contributed by atoms with E-state index in [4.69, 9.17) is 9.47 Å². The summed E-state index contributed by atoms with van der Waals surface area (Å²) in [4.78, 5) is 36.5. The molecule has 4 rings (SSSR count). The highest BCUT2D eigenvalue weighted by atomic mass is 16.5. The Morgan fingerprint density at radius 2 is 1.63 bits per heavy atom. The molecular weight excluding hydrogens is 444 g/mol. The Bertz CT molecular complexity index is 970. The summed E-state index contributed by atoms with van der Waals surface area (Å²) in [5.41, 5.74) is 1.13. The zero-order chi connectivity index (χ0) is 24.6. The van der Waals surface area contributed by atoms with Crippen LogP contribution in [0.3, 0.4) is 0 Å². The smallest absolute Gasteiger partial charge is 0.308 e. The van der Waals surface area contributed by atoms with Gasteiger partial charge in [-0.05, 0) is 49.9 Å². The van der Waals surface area contributed by atoms with Crippen LogP contribution < -0.4 is 14.5 Å². The van der Waals surface area contributed by atoms with Crippen LogP contribution in [-0.2, 0) is 14.3 Å². The number of piperazine rings is 1. The molecule has 0 radical (unpaired) electrons. The maximum Gasteiger partial charge on any atom is 0.308 e. The minimum atomic E-state index is -0.162. The van der Waals surface area contributed by atoms with Gasteiger partial charge in [0.15, 0.2) is 0 Å². The van der Waals surface area contributed by atoms with Gasteiger partial charge in [-0.25, -0.2) is 4.98 Å². The predicted molar refractivity (Wildman–Crippen MR) is 136 cm³/mol. The maximum atomic E-state index is 13.6. The number of nitrogens with zero attached hydrogens (tertiary/aromatic N) is 4. The lowest BCUT2D eigenvalue weighted by Crippen LogP contribution is -2.50. The van der Waals surface area contributed by atoms with Gasteiger partial charge in [0.05, 0.1) is 25.8 Å². The van der Waals surface area contributed by atoms with Gasteiger partial charge in [-0.3, -0.25) is 19.4 Å². The molecule has 1 aliphatic carbocycles. The van der Waals surface area contributed by atoms with Crippen molar-refractivity contribution >= 4 is 23.4 Å². The number of benzene rings is 1. The van der Waals surface area contributed by atoms with Crippen molar-refractivity contribution in [3.63, 3.8) is 0 Å². The van der Waals surface area contributed by atoms with Crippen LogP contribution in [0.4, 0.5) is 11.5 Å². The molecule has 188 valence electrons. The summed E-state index contributed by atoms with van der Waals surface area (Å²) in [6, 6.07) is 13.8. The number of hydrogen-bond acceptors (Lipinski definition) is 7. The van der Waals surface area contributed by atoms with Crippen LogP contribution in [0.25, 0.3) is 0 Å². The highest BCUT2D eigenvalue weighted by Crippen LogP contribution is 2.32. The van der Waals surface area contributed by atoms with Crippen molar-refractivity contribution in [2.24, 2.45) is 11.8 Å². The Kier molecular flexibility index (Phi) is 8.58. The number of carbonyl (C=O) groups excluding carboxylic acids is 2. The Balaban J connectivity index is 1.35. The molecule has 1 aromatic carbocycles. The number of aromatic nitrogens is 1. The fourth-order valence-electron chi connectivity index (χ4n) is 5.16. The number of esters is 1. The topological polar surface area (TPSA) is 75.2 Å². The molecule has 1 aliphatic heterocycles. The first kappa shape index (κ1) is 25.0. The summed E-state index contributed by atoms with van der Waals surface area (Å²) in [5, 5.41) is 0. The third-order valence-electron chi connectivity index (χ3n) is 7.24. The van der Waals surface area contributed by atoms with E-state index in [1.165, 1.54) is 7.11 Å². The molecule has 8 nitrogen and oxygen atoms in total. The standard InChI is InChI=1S/C27H36N4O4/c1-34-24-8-4-3-7-23(24)30-18-15-29(16-19-30)17-20-31(25-9-5-6-14-28-25)26(32)21-10-12-22(13-11-21)27(33)35-2/h3-9,14,21-22H,10-13,15-20H2,1-2H3. The van der Waals surface area contributed by atoms with E-state index in [1.807, 2.05) is 41.3 Å². The minimum absolute atomic E-state index is 0.0831. The van der Waals surface area contributed by atoms with Crippen LogP contribution in [0.5, 0.6) is 5.75 Å². The Morgan fingerprint density at radius 1 is 0.943 bits per heavy atom. The predicted octanol–water partition coefficient (Wildman–Crippen LogP) is 3.22. The molecule has 0 unspecified atom stereocenters. The molecule has 2 aromatic rings. The second-order valence-corrected chi connectivity index (χ2v) is 9.25. The van der Waals surface area contributed by atoms with Gasteiger partial charge in [0, 0.05) is 51.4 Å². The average molecular weight is 481 g/mol. The highest BCUT2D eigenvalue weighted by molar-refractivity contribution is 5.94. The van der Waals surface area contributed by atoms with E-state index in [2.05, 4.69) is 20.9 Å². The van der Waals surface area contributed by atoms with Crippen LogP contribution in [0, 0.1) is 11.8 Å². The van der Waals surface area contributed by atoms with Gasteiger partial charge in [0.1, 0.15) is 11.6 Å². The van der Waals surface area contributed by atoms with E-state index >= 15 is 0 Å². The first-order chi connectivity index (χ1) is 17.1. The van der Waals surface area contributed by atoms with Crippen molar-refractivity contribution < 1.29 is 19.1 Å². The van der Waals surface area contributed by atoms with Crippen molar-refractivity contribution in [1.29, 1.82) is 0 Å². The number of para-hydroxylation sites is 2. The van der Waals surface area contributed by atoms with Crippen LogP contribution in [0.15, 0.2) is 48.7 Å². The Hall–Kier alpha value is -3.13. The first-order valence-electron chi connectivity index (χ1n) is 12.5. The lowest BCUT2D eigenvalue weighted by Gasteiger charge is -2.38. The van der Waals surface area contributed by atoms with Crippen molar-refractivity contribution in [2.45, 2.75) is 25.7 Å². The van der Waals surface area contributed by atoms with Gasteiger partial charge in [-0.15, -0.1) is 0 Å². The average Bonchev–Trinajstić information content (AvgIpc) is 2.93. The van der Waals surface area contributed by atoms with E-state index < -0.39 is 0 Å². The van der Waals surface area contributed by atoms with Crippen molar-refractivity contribution in [3.8, 4) is 5.75 Å². The normalized spacial score (nSPS) is 20.8. The van der Waals surface area contributed by atoms with Gasteiger partial charge in [0.2, 0.25) is 5.91 Å². The third kappa shape index (κ3) is 6.11. The van der Waals surface area contributed by atoms with Gasteiger partial charge < -0.3 is 14.4 Å². The molecular formula is C27H36N4O4. The van der Waals surface area contributed by atoms with Crippen LogP contribution in [0.2, 0.25) is 0 Å². The van der Waals surface area contributed by atoms with E-state index in [0.717, 1.165) is 44.2 Å². The van der Waals surface area contributed by atoms with Crippen molar-refractivity contribution in [3.05, 3.63) is 48.7 Å². The number of hydrogen-bond donors (Lipinski definition) is 0. The van der Waals surface area contributed by atoms with E-state index in [0.29, 0.717) is 38.0 Å². The fourth-order valence-corrected chi connectivity index (χ4v) is 5.16. The number of carbonyl (C=O) groups is 2. The van der Waals surface area contributed by atoms with Crippen molar-refractivity contribution in [1.82, 2.24) is 9.88 Å². The van der Waals surface area contributed by atoms with E-state index in [9.17, 15) is 9.59 Å². The third-order valence-corrected chi connectivity index (χ3v) is 7.24. The molecule has 1 saturated carbocycles. The summed E-state index contributed by atoms with van der Waals surface area (Å²) in [6.07, 6.45) is 4.54. The van der Waals surface area contributed by atoms with Gasteiger partial charge in [-0.1, -0.05) is 18.2 Å². The largest absolute Gasteiger partial charge is 0.495 e. The fraction of sp³-hybridized carbons (Fsp3) is 0.519. The lowest BCUT2D eigenvalue weighted by molar-refractivity contribution is -0.147. The number of methoxy groups -OCH3 is 2. The van der Waals surface area contributed by atoms with Crippen LogP contribution in [-0.4, -0.2) is 75.2 Å². The van der Waals surface area contributed by atoms with Gasteiger partial charge >= 0.3 is 5.97 Å². The highest BCUT2D eigenvalue weighted by Gasteiger charge is 2.33. The number of ether oxygens (including phenoxy) is 2. The summed E-state index contributed by atoms with van der Waals surface area (Å²) in [7, 11) is 3.14. The van der Waals surface area contributed by atoms with Crippen LogP contribution in [0.1, 0.15) is 25.7 Å². The van der Waals surface area contributed by atoms with E-state index in [1.54, 1.807) is 13.3 Å². The molecule has 2 heterocycles. The monoisotopic (exact) mass is 480 g/mol. The second kappa shape index (κ2) is 12.0. The van der Waals surface area contributed by atoms with Gasteiger partial charge in [-0.2, -0.15) is 0 Å². The van der Waals surface area contributed by atoms with Crippen molar-refractivity contribution in [2.75, 3.05) is 63.3 Å². The molecule has 2 fully saturated rings. The molecule has 1 aromatic heterocycles. The summed E-state index contributed by atoms with van der Waals surface area (Å²) < 4.78 is 10.4. The van der Waals surface area contributed by atoms with Crippen LogP contribution >= 0.6 is 0 Å². The maximum absolute atomic E-state index is 13.6. The number of amides is 1. The SMILES string of the molecule is COC(=O)C1CCC(C(=O)N(CCN2CCN(c3ccccc3OC)CC2)c2ccccn2)CC1. The number of rotatable bonds is 8. The molecule has 0 bridgehead atoms. The molecule has 1 saturated heterocycles. The quantitative estimate of drug-likeness (QED) is 0.537. The summed E-state index contributed by atoms with van der Waals surface area (Å²) >= 11 is 0. The Labute approximate surface area is 207 Å². The minimum Gasteiger partial charge on any atom is -0.495 e. The Morgan fingerprint density at radius 3 is 2.29 bits per heavy atom. The first-order valence-corrected chi connectivity index (χ1v) is 12.5. The molecule has 1 amide bonds. The molecule has 0 spiro atoms. The summed E-state index contributed by atoms with van der Waals surface area (Å²) in [6.45, 7) is 5.06. The zero-order valence-corrected chi connectivity index (χ0v) is 20.8. The lowest BCUT2D eigenvalue weighted by atomic mass is 9.81. The zero-order valence-electron chi connectivity index (χ0n) is 20.8. The molecule has 35 heavy (non-hydrogen) atoms. The molecule has 0 N–H and O–H groups in total. The van der Waals surface area contributed by atoms with Gasteiger partial charge in [0.25, 0.3) is 0 Å². The molecule has 2 aliphatic rings. The number of anilines is 2.